The van der Waals surface area contributed by atoms with Gasteiger partial charge in [-0.1, -0.05) is 12.1 Å². The molecule has 0 spiro atoms. The van der Waals surface area contributed by atoms with Gasteiger partial charge in [0.25, 0.3) is 5.56 Å². The molecule has 0 atom stereocenters. The van der Waals surface area contributed by atoms with E-state index in [1.54, 1.807) is 14.2 Å². The Morgan fingerprint density at radius 3 is 2.54 bits per heavy atom. The lowest BCUT2D eigenvalue weighted by molar-refractivity contribution is 0.416. The van der Waals surface area contributed by atoms with Crippen LogP contribution in [0.5, 0.6) is 5.75 Å². The number of nitrogens with two attached hydrogens (primary N) is 1. The van der Waals surface area contributed by atoms with Gasteiger partial charge in [-0.15, -0.1) is 0 Å². The molecule has 0 radical (unpaired) electrons. The molecule has 8 heteroatoms. The highest BCUT2D eigenvalue weighted by molar-refractivity contribution is 5.56. The minimum atomic E-state index is -0.433. The van der Waals surface area contributed by atoms with Gasteiger partial charge in [0.2, 0.25) is 0 Å². The van der Waals surface area contributed by atoms with Gasteiger partial charge >= 0.3 is 5.69 Å². The Morgan fingerprint density at radius 2 is 1.81 bits per heavy atom. The summed E-state index contributed by atoms with van der Waals surface area (Å²) in [5, 5.41) is 6.64. The van der Waals surface area contributed by atoms with E-state index < -0.39 is 5.56 Å². The monoisotopic (exact) mass is 361 g/mol. The molecule has 0 unspecified atom stereocenters. The average Bonchev–Trinajstić information content (AvgIpc) is 2.66. The maximum Gasteiger partial charge on any atom is 0.330 e. The summed E-state index contributed by atoms with van der Waals surface area (Å²) in [6.07, 6.45) is 1.35. The molecule has 0 fully saturated rings. The first-order valence-corrected chi connectivity index (χ1v) is 8.59. The molecule has 0 aliphatic heterocycles. The zero-order valence-corrected chi connectivity index (χ0v) is 15.5. The molecule has 2 rings (SSSR count). The van der Waals surface area contributed by atoms with Crippen LogP contribution in [0.3, 0.4) is 0 Å². The fourth-order valence-electron chi connectivity index (χ4n) is 2.80. The van der Waals surface area contributed by atoms with Gasteiger partial charge in [0.05, 0.1) is 18.5 Å². The van der Waals surface area contributed by atoms with Gasteiger partial charge in [-0.05, 0) is 31.5 Å². The number of rotatable bonds is 9. The molecule has 0 aliphatic rings. The second kappa shape index (κ2) is 9.10. The van der Waals surface area contributed by atoms with Gasteiger partial charge in [0.1, 0.15) is 11.4 Å². The summed E-state index contributed by atoms with van der Waals surface area (Å²) in [7, 11) is 4.72. The Balaban J connectivity index is 1.77. The van der Waals surface area contributed by atoms with Crippen molar-refractivity contribution in [1.29, 1.82) is 0 Å². The van der Waals surface area contributed by atoms with Crippen LogP contribution in [0.15, 0.2) is 33.9 Å². The van der Waals surface area contributed by atoms with E-state index >= 15 is 0 Å². The van der Waals surface area contributed by atoms with E-state index in [2.05, 4.69) is 10.6 Å². The minimum Gasteiger partial charge on any atom is -0.495 e. The maximum absolute atomic E-state index is 12.0. The van der Waals surface area contributed by atoms with Crippen LogP contribution >= 0.6 is 0 Å². The summed E-state index contributed by atoms with van der Waals surface area (Å²) in [4.78, 5) is 23.9. The van der Waals surface area contributed by atoms with Crippen molar-refractivity contribution < 1.29 is 4.74 Å². The van der Waals surface area contributed by atoms with Crippen LogP contribution in [0, 0.1) is 0 Å². The summed E-state index contributed by atoms with van der Waals surface area (Å²) in [5.41, 5.74) is 6.78. The molecule has 8 nitrogen and oxygen atoms in total. The van der Waals surface area contributed by atoms with Crippen molar-refractivity contribution in [3.8, 4) is 5.75 Å². The lowest BCUT2D eigenvalue weighted by atomic mass is 10.2. The molecule has 0 aliphatic carbocycles. The Labute approximate surface area is 152 Å². The van der Waals surface area contributed by atoms with Crippen molar-refractivity contribution in [3.63, 3.8) is 0 Å². The minimum absolute atomic E-state index is 0.146. The first-order valence-electron chi connectivity index (χ1n) is 8.59. The normalized spacial score (nSPS) is 10.7. The quantitative estimate of drug-likeness (QED) is 0.556. The number of para-hydroxylation sites is 2. The molecule has 0 saturated heterocycles. The van der Waals surface area contributed by atoms with Gasteiger partial charge in [0.15, 0.2) is 0 Å². The fourth-order valence-corrected chi connectivity index (χ4v) is 2.80. The van der Waals surface area contributed by atoms with Gasteiger partial charge in [-0.2, -0.15) is 0 Å². The second-order valence-corrected chi connectivity index (χ2v) is 6.05. The van der Waals surface area contributed by atoms with E-state index in [4.69, 9.17) is 10.5 Å². The second-order valence-electron chi connectivity index (χ2n) is 6.05. The zero-order valence-electron chi connectivity index (χ0n) is 15.5. The number of hydrogen-bond acceptors (Lipinski definition) is 6. The Bertz CT molecular complexity index is 820. The summed E-state index contributed by atoms with van der Waals surface area (Å²) >= 11 is 0. The molecule has 1 heterocycles. The van der Waals surface area contributed by atoms with Crippen LogP contribution in [-0.4, -0.2) is 35.9 Å². The largest absolute Gasteiger partial charge is 0.495 e. The maximum atomic E-state index is 12.0. The molecule has 26 heavy (non-hydrogen) atoms. The molecular formula is C18H27N5O3. The van der Waals surface area contributed by atoms with Gasteiger partial charge in [0, 0.05) is 27.2 Å². The highest BCUT2D eigenvalue weighted by Crippen LogP contribution is 2.22. The highest BCUT2D eigenvalue weighted by atomic mass is 16.5. The Kier molecular flexibility index (Phi) is 6.85. The lowest BCUT2D eigenvalue weighted by Gasteiger charge is -2.13. The SMILES string of the molecule is COc1ccccc1NCCNCCCc1c(N)c(=O)n(C)c(=O)n1C. The van der Waals surface area contributed by atoms with E-state index in [-0.39, 0.29) is 11.4 Å². The smallest absolute Gasteiger partial charge is 0.330 e. The van der Waals surface area contributed by atoms with Crippen molar-refractivity contribution in [2.75, 3.05) is 37.8 Å². The number of nitrogens with zero attached hydrogens (tertiary/aromatic N) is 2. The zero-order chi connectivity index (χ0) is 19.1. The first-order chi connectivity index (χ1) is 12.5. The van der Waals surface area contributed by atoms with E-state index in [0.29, 0.717) is 12.1 Å². The Hall–Kier alpha value is -2.74. The van der Waals surface area contributed by atoms with Crippen LogP contribution in [0.25, 0.3) is 0 Å². The van der Waals surface area contributed by atoms with Gasteiger partial charge < -0.3 is 21.1 Å². The number of nitrogens with one attached hydrogen (secondary N) is 2. The van der Waals surface area contributed by atoms with Crippen LogP contribution in [0.1, 0.15) is 12.1 Å². The number of benzene rings is 1. The number of ether oxygens (including phenoxy) is 1. The standard InChI is InChI=1S/C18H27N5O3/c1-22-14(16(19)17(24)23(2)18(22)25)8-6-10-20-11-12-21-13-7-4-5-9-15(13)26-3/h4-5,7,9,20-21H,6,8,10-12,19H2,1-3H3. The van der Waals surface area contributed by atoms with Crippen molar-refractivity contribution >= 4 is 11.4 Å². The number of hydrogen-bond donors (Lipinski definition) is 3. The molecule has 4 N–H and O–H groups in total. The Morgan fingerprint density at radius 1 is 1.08 bits per heavy atom. The number of anilines is 2. The topological polar surface area (TPSA) is 103 Å². The fraction of sp³-hybridized carbons (Fsp3) is 0.444. The summed E-state index contributed by atoms with van der Waals surface area (Å²) in [6, 6.07) is 7.77. The molecule has 0 bridgehead atoms. The van der Waals surface area contributed by atoms with Gasteiger partial charge in [-0.25, -0.2) is 4.79 Å². The van der Waals surface area contributed by atoms with Crippen molar-refractivity contribution in [3.05, 3.63) is 50.8 Å². The third-order valence-corrected chi connectivity index (χ3v) is 4.32. The van der Waals surface area contributed by atoms with Crippen molar-refractivity contribution in [2.45, 2.75) is 12.8 Å². The molecule has 142 valence electrons. The summed E-state index contributed by atoms with van der Waals surface area (Å²) in [5.74, 6) is 0.814. The van der Waals surface area contributed by atoms with Crippen LogP contribution < -0.4 is 32.4 Å². The molecule has 2 aromatic rings. The van der Waals surface area contributed by atoms with E-state index in [1.807, 2.05) is 24.3 Å². The van der Waals surface area contributed by atoms with Crippen LogP contribution in [0.2, 0.25) is 0 Å². The molecule has 0 amide bonds. The van der Waals surface area contributed by atoms with E-state index in [0.717, 1.165) is 42.1 Å². The predicted octanol–water partition coefficient (Wildman–Crippen LogP) is 0.309. The lowest BCUT2D eigenvalue weighted by Crippen LogP contribution is -2.40. The third-order valence-electron chi connectivity index (χ3n) is 4.32. The van der Waals surface area contributed by atoms with Crippen LogP contribution in [-0.2, 0) is 20.5 Å². The molecular weight excluding hydrogens is 334 g/mol. The number of nitrogen functional groups attached to an aromatic ring is 1. The van der Waals surface area contributed by atoms with E-state index in [1.165, 1.54) is 11.6 Å². The average molecular weight is 361 g/mol. The van der Waals surface area contributed by atoms with E-state index in [9.17, 15) is 9.59 Å². The summed E-state index contributed by atoms with van der Waals surface area (Å²) < 4.78 is 7.76. The first kappa shape index (κ1) is 19.6. The third kappa shape index (κ3) is 4.45. The van der Waals surface area contributed by atoms with Crippen LogP contribution in [0.4, 0.5) is 11.4 Å². The van der Waals surface area contributed by atoms with Crippen molar-refractivity contribution in [2.24, 2.45) is 14.1 Å². The molecule has 1 aromatic heterocycles. The number of aromatic nitrogens is 2. The number of methoxy groups -OCH3 is 1. The molecule has 0 saturated carbocycles. The summed E-state index contributed by atoms with van der Waals surface area (Å²) in [6.45, 7) is 2.30. The van der Waals surface area contributed by atoms with Gasteiger partial charge in [-0.3, -0.25) is 13.9 Å². The predicted molar refractivity (Wildman–Crippen MR) is 104 cm³/mol. The highest BCUT2D eigenvalue weighted by Gasteiger charge is 2.12. The van der Waals surface area contributed by atoms with Crippen molar-refractivity contribution in [1.82, 2.24) is 14.5 Å². The molecule has 1 aromatic carbocycles.